The van der Waals surface area contributed by atoms with Gasteiger partial charge in [0.1, 0.15) is 0 Å². The molecule has 1 heteroatoms. The van der Waals surface area contributed by atoms with Crippen LogP contribution >= 0.6 is 0 Å². The van der Waals surface area contributed by atoms with Crippen LogP contribution in [-0.4, -0.2) is 13.6 Å². The third-order valence-electron chi connectivity index (χ3n) is 2.48. The highest BCUT2D eigenvalue weighted by atomic mass is 14.8. The van der Waals surface area contributed by atoms with Crippen molar-refractivity contribution in [2.75, 3.05) is 13.6 Å². The highest BCUT2D eigenvalue weighted by Crippen LogP contribution is 2.22. The molecule has 0 aliphatic carbocycles. The van der Waals surface area contributed by atoms with Gasteiger partial charge >= 0.3 is 0 Å². The van der Waals surface area contributed by atoms with Gasteiger partial charge in [-0.2, -0.15) is 0 Å². The van der Waals surface area contributed by atoms with E-state index in [9.17, 15) is 0 Å². The van der Waals surface area contributed by atoms with Crippen molar-refractivity contribution in [3.05, 3.63) is 35.9 Å². The first-order valence-electron chi connectivity index (χ1n) is 5.43. The number of nitrogens with one attached hydrogen (secondary N) is 1. The van der Waals surface area contributed by atoms with Crippen molar-refractivity contribution in [1.82, 2.24) is 5.32 Å². The van der Waals surface area contributed by atoms with Gasteiger partial charge in [0, 0.05) is 6.54 Å². The van der Waals surface area contributed by atoms with Gasteiger partial charge in [0.15, 0.2) is 0 Å². The normalized spacial score (nSPS) is 13.1. The summed E-state index contributed by atoms with van der Waals surface area (Å²) in [6.07, 6.45) is 1.25. The van der Waals surface area contributed by atoms with Crippen LogP contribution in [0, 0.1) is 5.92 Å². The zero-order valence-corrected chi connectivity index (χ0v) is 9.46. The van der Waals surface area contributed by atoms with E-state index in [-0.39, 0.29) is 0 Å². The maximum atomic E-state index is 3.27. The average Bonchev–Trinajstić information content (AvgIpc) is 2.18. The molecule has 0 saturated heterocycles. The van der Waals surface area contributed by atoms with Gasteiger partial charge < -0.3 is 5.32 Å². The first-order valence-corrected chi connectivity index (χ1v) is 5.43. The second-order valence-electron chi connectivity index (χ2n) is 4.29. The third kappa shape index (κ3) is 3.51. The third-order valence-corrected chi connectivity index (χ3v) is 2.48. The number of hydrogen-bond acceptors (Lipinski definition) is 1. The molecule has 1 nitrogen and oxygen atoms in total. The molecule has 0 spiro atoms. The molecular weight excluding hydrogens is 170 g/mol. The molecule has 1 unspecified atom stereocenters. The topological polar surface area (TPSA) is 12.0 Å². The van der Waals surface area contributed by atoms with E-state index < -0.39 is 0 Å². The maximum absolute atomic E-state index is 3.27. The van der Waals surface area contributed by atoms with Gasteiger partial charge in [-0.1, -0.05) is 44.2 Å². The quantitative estimate of drug-likeness (QED) is 0.754. The summed E-state index contributed by atoms with van der Waals surface area (Å²) in [4.78, 5) is 0. The van der Waals surface area contributed by atoms with E-state index in [4.69, 9.17) is 0 Å². The van der Waals surface area contributed by atoms with Crippen molar-refractivity contribution in [3.8, 4) is 0 Å². The van der Waals surface area contributed by atoms with Gasteiger partial charge in [0.25, 0.3) is 0 Å². The van der Waals surface area contributed by atoms with E-state index in [1.54, 1.807) is 0 Å². The van der Waals surface area contributed by atoms with Crippen LogP contribution in [0.15, 0.2) is 30.3 Å². The van der Waals surface area contributed by atoms with Crippen molar-refractivity contribution in [1.29, 1.82) is 0 Å². The largest absolute Gasteiger partial charge is 0.319 e. The average molecular weight is 191 g/mol. The summed E-state index contributed by atoms with van der Waals surface area (Å²) in [5.41, 5.74) is 1.45. The molecule has 1 aromatic rings. The zero-order chi connectivity index (χ0) is 10.4. The van der Waals surface area contributed by atoms with E-state index in [1.165, 1.54) is 12.0 Å². The molecule has 1 atom stereocenters. The Kier molecular flexibility index (Phi) is 4.68. The minimum Gasteiger partial charge on any atom is -0.319 e. The van der Waals surface area contributed by atoms with E-state index >= 15 is 0 Å². The summed E-state index contributed by atoms with van der Waals surface area (Å²) in [6.45, 7) is 5.64. The Hall–Kier alpha value is -0.820. The highest BCUT2D eigenvalue weighted by molar-refractivity contribution is 5.19. The van der Waals surface area contributed by atoms with Crippen LogP contribution in [-0.2, 0) is 0 Å². The monoisotopic (exact) mass is 191 g/mol. The number of hydrogen-bond donors (Lipinski definition) is 1. The van der Waals surface area contributed by atoms with Crippen molar-refractivity contribution >= 4 is 0 Å². The van der Waals surface area contributed by atoms with Crippen molar-refractivity contribution in [3.63, 3.8) is 0 Å². The van der Waals surface area contributed by atoms with Gasteiger partial charge in [-0.15, -0.1) is 0 Å². The number of rotatable bonds is 5. The molecule has 78 valence electrons. The summed E-state index contributed by atoms with van der Waals surface area (Å²) >= 11 is 0. The fraction of sp³-hybridized carbons (Fsp3) is 0.538. The Morgan fingerprint density at radius 3 is 2.29 bits per heavy atom. The molecule has 1 rings (SSSR count). The SMILES string of the molecule is CNCC(CC(C)C)c1ccccc1. The van der Waals surface area contributed by atoms with Crippen LogP contribution in [0.5, 0.6) is 0 Å². The summed E-state index contributed by atoms with van der Waals surface area (Å²) in [5.74, 6) is 1.41. The van der Waals surface area contributed by atoms with Gasteiger partial charge in [-0.3, -0.25) is 0 Å². The molecular formula is C13H21N. The summed E-state index contributed by atoms with van der Waals surface area (Å²) in [6, 6.07) is 10.8. The predicted molar refractivity (Wildman–Crippen MR) is 62.6 cm³/mol. The lowest BCUT2D eigenvalue weighted by Crippen LogP contribution is -2.18. The van der Waals surface area contributed by atoms with E-state index in [1.807, 2.05) is 7.05 Å². The second-order valence-corrected chi connectivity index (χ2v) is 4.29. The molecule has 1 N–H and O–H groups in total. The fourth-order valence-electron chi connectivity index (χ4n) is 1.88. The van der Waals surface area contributed by atoms with Gasteiger partial charge in [0.2, 0.25) is 0 Å². The predicted octanol–water partition coefficient (Wildman–Crippen LogP) is 3.04. The minimum atomic E-state index is 0.654. The van der Waals surface area contributed by atoms with Gasteiger partial charge in [-0.05, 0) is 30.9 Å². The number of likely N-dealkylation sites (N-methyl/N-ethyl adjacent to an activating group) is 1. The first-order chi connectivity index (χ1) is 6.74. The molecule has 14 heavy (non-hydrogen) atoms. The van der Waals surface area contributed by atoms with Gasteiger partial charge in [-0.25, -0.2) is 0 Å². The van der Waals surface area contributed by atoms with Crippen LogP contribution in [0.4, 0.5) is 0 Å². The van der Waals surface area contributed by atoms with Crippen LogP contribution < -0.4 is 5.32 Å². The Bertz CT molecular complexity index is 241. The molecule has 1 aromatic carbocycles. The molecule has 0 saturated carbocycles. The van der Waals surface area contributed by atoms with Crippen molar-refractivity contribution < 1.29 is 0 Å². The number of benzene rings is 1. The molecule has 0 heterocycles. The Labute approximate surface area is 87.5 Å². The van der Waals surface area contributed by atoms with E-state index in [0.717, 1.165) is 12.5 Å². The molecule has 0 radical (unpaired) electrons. The maximum Gasteiger partial charge on any atom is 0.00172 e. The molecule has 0 aliphatic heterocycles. The van der Waals surface area contributed by atoms with E-state index in [2.05, 4.69) is 49.5 Å². The lowest BCUT2D eigenvalue weighted by Gasteiger charge is -2.18. The standard InChI is InChI=1S/C13H21N/c1-11(2)9-13(10-14-3)12-7-5-4-6-8-12/h4-8,11,13-14H,9-10H2,1-3H3. The van der Waals surface area contributed by atoms with Crippen molar-refractivity contribution in [2.45, 2.75) is 26.2 Å². The van der Waals surface area contributed by atoms with Gasteiger partial charge in [0.05, 0.1) is 0 Å². The summed E-state index contributed by atoms with van der Waals surface area (Å²) in [7, 11) is 2.02. The molecule has 0 bridgehead atoms. The lowest BCUT2D eigenvalue weighted by molar-refractivity contribution is 0.484. The van der Waals surface area contributed by atoms with Crippen LogP contribution in [0.1, 0.15) is 31.7 Å². The lowest BCUT2D eigenvalue weighted by atomic mass is 9.90. The fourth-order valence-corrected chi connectivity index (χ4v) is 1.88. The summed E-state index contributed by atoms with van der Waals surface area (Å²) < 4.78 is 0. The van der Waals surface area contributed by atoms with Crippen LogP contribution in [0.2, 0.25) is 0 Å². The zero-order valence-electron chi connectivity index (χ0n) is 9.46. The molecule has 0 fully saturated rings. The first kappa shape index (κ1) is 11.3. The van der Waals surface area contributed by atoms with Crippen molar-refractivity contribution in [2.24, 2.45) is 5.92 Å². The molecule has 0 aliphatic rings. The molecule has 0 amide bonds. The minimum absolute atomic E-state index is 0.654. The molecule has 0 aromatic heterocycles. The van der Waals surface area contributed by atoms with Crippen LogP contribution in [0.25, 0.3) is 0 Å². The Morgan fingerprint density at radius 2 is 1.79 bits per heavy atom. The van der Waals surface area contributed by atoms with Crippen LogP contribution in [0.3, 0.4) is 0 Å². The smallest absolute Gasteiger partial charge is 0.00172 e. The second kappa shape index (κ2) is 5.82. The highest BCUT2D eigenvalue weighted by Gasteiger charge is 2.11. The van der Waals surface area contributed by atoms with E-state index in [0.29, 0.717) is 5.92 Å². The Balaban J connectivity index is 2.67. The Morgan fingerprint density at radius 1 is 1.14 bits per heavy atom. The summed E-state index contributed by atoms with van der Waals surface area (Å²) in [5, 5.41) is 3.27.